The van der Waals surface area contributed by atoms with Crippen LogP contribution in [0.1, 0.15) is 18.2 Å². The highest BCUT2D eigenvalue weighted by Crippen LogP contribution is 2.00. The van der Waals surface area contributed by atoms with Gasteiger partial charge in [0, 0.05) is 19.5 Å². The topological polar surface area (TPSA) is 49.6 Å². The molecule has 0 fully saturated rings. The average molecular weight is 311 g/mol. The van der Waals surface area contributed by atoms with E-state index >= 15 is 0 Å². The van der Waals surface area contributed by atoms with Crippen LogP contribution in [0.3, 0.4) is 0 Å². The summed E-state index contributed by atoms with van der Waals surface area (Å²) >= 11 is 0. The molecular formula is C19H25N3O. The van der Waals surface area contributed by atoms with Gasteiger partial charge >= 0.3 is 0 Å². The minimum absolute atomic E-state index is 0.626. The summed E-state index contributed by atoms with van der Waals surface area (Å²) in [6, 6.07) is 14.3. The van der Waals surface area contributed by atoms with Crippen molar-refractivity contribution in [3.8, 4) is 0 Å². The smallest absolute Gasteiger partial charge is 0.191 e. The molecule has 1 aromatic heterocycles. The Morgan fingerprint density at radius 1 is 1.04 bits per heavy atom. The summed E-state index contributed by atoms with van der Waals surface area (Å²) in [6.45, 7) is 8.12. The maximum Gasteiger partial charge on any atom is 0.191 e. The maximum atomic E-state index is 5.34. The number of furan rings is 1. The SMILES string of the molecule is C=C(C)CN=C(NCCc1ccccc1)NCCc1ccco1. The van der Waals surface area contributed by atoms with E-state index in [1.54, 1.807) is 6.26 Å². The first-order valence-corrected chi connectivity index (χ1v) is 7.97. The number of guanidine groups is 1. The van der Waals surface area contributed by atoms with Crippen LogP contribution in [0.15, 0.2) is 70.3 Å². The van der Waals surface area contributed by atoms with Gasteiger partial charge in [-0.3, -0.25) is 0 Å². The van der Waals surface area contributed by atoms with Crippen molar-refractivity contribution in [1.29, 1.82) is 0 Å². The summed E-state index contributed by atoms with van der Waals surface area (Å²) in [6.07, 6.45) is 3.50. The number of nitrogens with one attached hydrogen (secondary N) is 2. The summed E-state index contributed by atoms with van der Waals surface area (Å²) in [5, 5.41) is 6.71. The first-order chi connectivity index (χ1) is 11.2. The quantitative estimate of drug-likeness (QED) is 0.447. The molecule has 0 radical (unpaired) electrons. The summed E-state index contributed by atoms with van der Waals surface area (Å²) < 4.78 is 5.34. The zero-order valence-electron chi connectivity index (χ0n) is 13.7. The van der Waals surface area contributed by atoms with Crippen molar-refractivity contribution in [2.24, 2.45) is 4.99 Å². The first-order valence-electron chi connectivity index (χ1n) is 7.97. The van der Waals surface area contributed by atoms with Crippen LogP contribution in [-0.2, 0) is 12.8 Å². The highest BCUT2D eigenvalue weighted by molar-refractivity contribution is 5.79. The number of aliphatic imine (C=N–C) groups is 1. The Hall–Kier alpha value is -2.49. The Kier molecular flexibility index (Phi) is 6.98. The van der Waals surface area contributed by atoms with Crippen molar-refractivity contribution in [2.75, 3.05) is 19.6 Å². The number of hydrogen-bond donors (Lipinski definition) is 2. The Morgan fingerprint density at radius 2 is 1.78 bits per heavy atom. The third-order valence-corrected chi connectivity index (χ3v) is 3.30. The fraction of sp³-hybridized carbons (Fsp3) is 0.316. The molecule has 1 heterocycles. The van der Waals surface area contributed by atoms with Crippen molar-refractivity contribution < 1.29 is 4.42 Å². The standard InChI is InChI=1S/C19H25N3O/c1-16(2)15-22-19(21-13-11-18-9-6-14-23-18)20-12-10-17-7-4-3-5-8-17/h3-9,14H,1,10-13,15H2,2H3,(H2,20,21,22). The third-order valence-electron chi connectivity index (χ3n) is 3.30. The number of rotatable bonds is 8. The molecule has 1 aromatic carbocycles. The first kappa shape index (κ1) is 16.9. The average Bonchev–Trinajstić information content (AvgIpc) is 3.06. The van der Waals surface area contributed by atoms with Crippen LogP contribution < -0.4 is 10.6 Å². The lowest BCUT2D eigenvalue weighted by atomic mass is 10.1. The fourth-order valence-electron chi connectivity index (χ4n) is 2.12. The minimum Gasteiger partial charge on any atom is -0.469 e. The van der Waals surface area contributed by atoms with Gasteiger partial charge in [0.05, 0.1) is 12.8 Å². The second-order valence-corrected chi connectivity index (χ2v) is 5.54. The van der Waals surface area contributed by atoms with Crippen LogP contribution in [0.4, 0.5) is 0 Å². The zero-order valence-corrected chi connectivity index (χ0v) is 13.7. The highest BCUT2D eigenvalue weighted by atomic mass is 16.3. The Bertz CT molecular complexity index is 603. The van der Waals surface area contributed by atoms with E-state index in [4.69, 9.17) is 4.42 Å². The lowest BCUT2D eigenvalue weighted by Crippen LogP contribution is -2.39. The maximum absolute atomic E-state index is 5.34. The van der Waals surface area contributed by atoms with Gasteiger partial charge in [-0.15, -0.1) is 0 Å². The fourth-order valence-corrected chi connectivity index (χ4v) is 2.12. The van der Waals surface area contributed by atoms with Crippen LogP contribution >= 0.6 is 0 Å². The second kappa shape index (κ2) is 9.51. The molecule has 0 bridgehead atoms. The highest BCUT2D eigenvalue weighted by Gasteiger charge is 2.00. The molecule has 0 aliphatic rings. The molecule has 4 nitrogen and oxygen atoms in total. The van der Waals surface area contributed by atoms with Crippen LogP contribution in [0.2, 0.25) is 0 Å². The van der Waals surface area contributed by atoms with Crippen LogP contribution in [-0.4, -0.2) is 25.6 Å². The molecule has 0 unspecified atom stereocenters. The molecule has 0 saturated heterocycles. The van der Waals surface area contributed by atoms with E-state index < -0.39 is 0 Å². The van der Waals surface area contributed by atoms with Crippen LogP contribution in [0.5, 0.6) is 0 Å². The molecule has 0 spiro atoms. The van der Waals surface area contributed by atoms with E-state index in [1.165, 1.54) is 5.56 Å². The summed E-state index contributed by atoms with van der Waals surface area (Å²) in [7, 11) is 0. The van der Waals surface area contributed by atoms with E-state index in [1.807, 2.05) is 25.1 Å². The molecule has 2 aromatic rings. The molecule has 0 aliphatic heterocycles. The summed E-state index contributed by atoms with van der Waals surface area (Å²) in [5.41, 5.74) is 2.36. The van der Waals surface area contributed by atoms with Crippen LogP contribution in [0.25, 0.3) is 0 Å². The van der Waals surface area contributed by atoms with E-state index in [0.29, 0.717) is 6.54 Å². The predicted octanol–water partition coefficient (Wildman–Crippen LogP) is 3.18. The third kappa shape index (κ3) is 6.87. The molecule has 23 heavy (non-hydrogen) atoms. The Morgan fingerprint density at radius 3 is 2.43 bits per heavy atom. The molecule has 0 amide bonds. The van der Waals surface area contributed by atoms with Crippen molar-refractivity contribution in [2.45, 2.75) is 19.8 Å². The molecule has 0 atom stereocenters. The molecule has 2 N–H and O–H groups in total. The van der Waals surface area contributed by atoms with Gasteiger partial charge in [0.2, 0.25) is 0 Å². The molecule has 122 valence electrons. The van der Waals surface area contributed by atoms with Gasteiger partial charge in [0.25, 0.3) is 0 Å². The van der Waals surface area contributed by atoms with Crippen molar-refractivity contribution in [1.82, 2.24) is 10.6 Å². The normalized spacial score (nSPS) is 11.3. The lowest BCUT2D eigenvalue weighted by Gasteiger charge is -2.12. The molecule has 2 rings (SSSR count). The van der Waals surface area contributed by atoms with Gasteiger partial charge in [-0.1, -0.05) is 42.5 Å². The molecule has 0 saturated carbocycles. The van der Waals surface area contributed by atoms with E-state index in [0.717, 1.165) is 43.2 Å². The largest absolute Gasteiger partial charge is 0.469 e. The van der Waals surface area contributed by atoms with Crippen molar-refractivity contribution in [3.63, 3.8) is 0 Å². The summed E-state index contributed by atoms with van der Waals surface area (Å²) in [5.74, 6) is 1.79. The number of benzene rings is 1. The van der Waals surface area contributed by atoms with E-state index in [9.17, 15) is 0 Å². The van der Waals surface area contributed by atoms with Gasteiger partial charge in [0.15, 0.2) is 5.96 Å². The molecule has 4 heteroatoms. The zero-order chi connectivity index (χ0) is 16.3. The van der Waals surface area contributed by atoms with Crippen molar-refractivity contribution in [3.05, 3.63) is 72.2 Å². The van der Waals surface area contributed by atoms with E-state index in [-0.39, 0.29) is 0 Å². The lowest BCUT2D eigenvalue weighted by molar-refractivity contribution is 0.507. The minimum atomic E-state index is 0.626. The van der Waals surface area contributed by atoms with Crippen molar-refractivity contribution >= 4 is 5.96 Å². The predicted molar refractivity (Wildman–Crippen MR) is 95.7 cm³/mol. The second-order valence-electron chi connectivity index (χ2n) is 5.54. The van der Waals surface area contributed by atoms with Crippen LogP contribution in [0, 0.1) is 0 Å². The monoisotopic (exact) mass is 311 g/mol. The van der Waals surface area contributed by atoms with Gasteiger partial charge in [-0.05, 0) is 31.0 Å². The van der Waals surface area contributed by atoms with Gasteiger partial charge < -0.3 is 15.1 Å². The molecule has 0 aliphatic carbocycles. The van der Waals surface area contributed by atoms with E-state index in [2.05, 4.69) is 46.5 Å². The number of hydrogen-bond acceptors (Lipinski definition) is 2. The molecular weight excluding hydrogens is 286 g/mol. The Balaban J connectivity index is 1.78. The van der Waals surface area contributed by atoms with Gasteiger partial charge in [-0.2, -0.15) is 0 Å². The number of nitrogens with zero attached hydrogens (tertiary/aromatic N) is 1. The van der Waals surface area contributed by atoms with Gasteiger partial charge in [-0.25, -0.2) is 4.99 Å². The van der Waals surface area contributed by atoms with Gasteiger partial charge in [0.1, 0.15) is 5.76 Å². The Labute approximate surface area is 138 Å². The summed E-state index contributed by atoms with van der Waals surface area (Å²) in [4.78, 5) is 4.54.